The lowest BCUT2D eigenvalue weighted by Gasteiger charge is -1.98. The molecular formula is C11H12N2OS. The van der Waals surface area contributed by atoms with E-state index in [0.29, 0.717) is 0 Å². The summed E-state index contributed by atoms with van der Waals surface area (Å²) in [6, 6.07) is 7.64. The summed E-state index contributed by atoms with van der Waals surface area (Å²) < 4.78 is 0. The summed E-state index contributed by atoms with van der Waals surface area (Å²) in [4.78, 5) is 5.18. The average Bonchev–Trinajstić information content (AvgIpc) is 2.66. The second kappa shape index (κ2) is 4.00. The van der Waals surface area contributed by atoms with Gasteiger partial charge in [-0.25, -0.2) is 4.98 Å². The summed E-state index contributed by atoms with van der Waals surface area (Å²) in [5, 5.41) is 10.1. The lowest BCUT2D eigenvalue weighted by Crippen LogP contribution is -1.86. The van der Waals surface area contributed by atoms with Crippen LogP contribution in [0.25, 0.3) is 10.4 Å². The summed E-state index contributed by atoms with van der Waals surface area (Å²) >= 11 is 1.49. The van der Waals surface area contributed by atoms with Gasteiger partial charge in [-0.1, -0.05) is 12.1 Å². The highest BCUT2D eigenvalue weighted by atomic mass is 32.1. The van der Waals surface area contributed by atoms with Crippen molar-refractivity contribution in [3.63, 3.8) is 0 Å². The Morgan fingerprint density at radius 3 is 2.87 bits per heavy atom. The van der Waals surface area contributed by atoms with Crippen LogP contribution in [0.15, 0.2) is 30.5 Å². The third-order valence-corrected chi connectivity index (χ3v) is 3.27. The first kappa shape index (κ1) is 10.1. The van der Waals surface area contributed by atoms with Crippen LogP contribution in [0, 0.1) is 0 Å². The van der Waals surface area contributed by atoms with Crippen molar-refractivity contribution in [2.24, 2.45) is 0 Å². The summed E-state index contributed by atoms with van der Waals surface area (Å²) in [5.74, 6) is 0. The zero-order valence-electron chi connectivity index (χ0n) is 8.34. The number of hydrogen-bond donors (Lipinski definition) is 2. The molecule has 0 saturated carbocycles. The van der Waals surface area contributed by atoms with Crippen LogP contribution in [0.2, 0.25) is 0 Å². The van der Waals surface area contributed by atoms with Gasteiger partial charge in [-0.05, 0) is 24.6 Å². The molecule has 15 heavy (non-hydrogen) atoms. The molecule has 0 bridgehead atoms. The molecule has 0 saturated heterocycles. The zero-order chi connectivity index (χ0) is 10.8. The molecule has 1 heterocycles. The van der Waals surface area contributed by atoms with Crippen molar-refractivity contribution in [3.8, 4) is 10.4 Å². The highest BCUT2D eigenvalue weighted by Crippen LogP contribution is 2.29. The fourth-order valence-electron chi connectivity index (χ4n) is 1.31. The van der Waals surface area contributed by atoms with Crippen LogP contribution >= 0.6 is 11.3 Å². The lowest BCUT2D eigenvalue weighted by molar-refractivity contribution is 0.199. The SMILES string of the molecule is C[C@@H](O)c1ncc(-c2cccc(N)c2)s1. The van der Waals surface area contributed by atoms with Crippen LogP contribution in [0.1, 0.15) is 18.0 Å². The minimum Gasteiger partial charge on any atom is -0.399 e. The molecule has 1 aromatic heterocycles. The number of benzene rings is 1. The molecule has 1 aromatic carbocycles. The molecule has 0 spiro atoms. The number of anilines is 1. The maximum atomic E-state index is 9.36. The smallest absolute Gasteiger partial charge is 0.121 e. The molecule has 1 atom stereocenters. The number of nitrogens with two attached hydrogens (primary N) is 1. The van der Waals surface area contributed by atoms with E-state index in [2.05, 4.69) is 4.98 Å². The predicted molar refractivity (Wildman–Crippen MR) is 62.6 cm³/mol. The molecule has 4 heteroatoms. The predicted octanol–water partition coefficient (Wildman–Crippen LogP) is 2.45. The number of aliphatic hydroxyl groups excluding tert-OH is 1. The van der Waals surface area contributed by atoms with Crippen molar-refractivity contribution in [1.82, 2.24) is 4.98 Å². The standard InChI is InChI=1S/C11H12N2OS/c1-7(14)11-13-6-10(15-11)8-3-2-4-9(12)5-8/h2-7,14H,12H2,1H3/t7-/m1/s1. The molecule has 0 radical (unpaired) electrons. The molecule has 78 valence electrons. The Morgan fingerprint density at radius 2 is 2.27 bits per heavy atom. The third kappa shape index (κ3) is 2.16. The Kier molecular flexibility index (Phi) is 2.70. The number of aromatic nitrogens is 1. The Morgan fingerprint density at radius 1 is 1.47 bits per heavy atom. The van der Waals surface area contributed by atoms with E-state index in [1.165, 1.54) is 11.3 Å². The van der Waals surface area contributed by atoms with Crippen molar-refractivity contribution < 1.29 is 5.11 Å². The Labute approximate surface area is 92.2 Å². The number of aliphatic hydroxyl groups is 1. The van der Waals surface area contributed by atoms with Gasteiger partial charge in [-0.2, -0.15) is 0 Å². The van der Waals surface area contributed by atoms with E-state index in [4.69, 9.17) is 5.73 Å². The van der Waals surface area contributed by atoms with Crippen molar-refractivity contribution in [2.45, 2.75) is 13.0 Å². The number of nitrogens with zero attached hydrogens (tertiary/aromatic N) is 1. The molecule has 3 nitrogen and oxygen atoms in total. The number of nitrogen functional groups attached to an aromatic ring is 1. The van der Waals surface area contributed by atoms with Crippen LogP contribution in [0.5, 0.6) is 0 Å². The Balaban J connectivity index is 2.37. The van der Waals surface area contributed by atoms with Gasteiger partial charge in [0.05, 0.1) is 4.88 Å². The van der Waals surface area contributed by atoms with Gasteiger partial charge in [-0.3, -0.25) is 0 Å². The number of thiazole rings is 1. The van der Waals surface area contributed by atoms with Gasteiger partial charge in [0, 0.05) is 11.9 Å². The highest BCUT2D eigenvalue weighted by molar-refractivity contribution is 7.15. The van der Waals surface area contributed by atoms with Crippen molar-refractivity contribution in [2.75, 3.05) is 5.73 Å². The minimum atomic E-state index is -0.509. The van der Waals surface area contributed by atoms with E-state index in [9.17, 15) is 5.11 Å². The van der Waals surface area contributed by atoms with Crippen LogP contribution in [0.3, 0.4) is 0 Å². The molecule has 0 unspecified atom stereocenters. The van der Waals surface area contributed by atoms with E-state index in [1.54, 1.807) is 13.1 Å². The monoisotopic (exact) mass is 220 g/mol. The van der Waals surface area contributed by atoms with E-state index in [-0.39, 0.29) is 0 Å². The molecule has 0 amide bonds. The Hall–Kier alpha value is -1.39. The quantitative estimate of drug-likeness (QED) is 0.764. The maximum Gasteiger partial charge on any atom is 0.121 e. The summed E-state index contributed by atoms with van der Waals surface area (Å²) in [7, 11) is 0. The summed E-state index contributed by atoms with van der Waals surface area (Å²) in [5.41, 5.74) is 7.47. The highest BCUT2D eigenvalue weighted by Gasteiger charge is 2.08. The molecule has 2 rings (SSSR count). The zero-order valence-corrected chi connectivity index (χ0v) is 9.16. The largest absolute Gasteiger partial charge is 0.399 e. The Bertz CT molecular complexity index is 465. The first-order valence-corrected chi connectivity index (χ1v) is 5.48. The van der Waals surface area contributed by atoms with E-state index >= 15 is 0 Å². The number of rotatable bonds is 2. The fraction of sp³-hybridized carbons (Fsp3) is 0.182. The maximum absolute atomic E-state index is 9.36. The average molecular weight is 220 g/mol. The van der Waals surface area contributed by atoms with Gasteiger partial charge < -0.3 is 10.8 Å². The van der Waals surface area contributed by atoms with E-state index in [1.807, 2.05) is 24.3 Å². The van der Waals surface area contributed by atoms with Gasteiger partial charge in [-0.15, -0.1) is 11.3 Å². The normalized spacial score (nSPS) is 12.7. The van der Waals surface area contributed by atoms with Gasteiger partial charge >= 0.3 is 0 Å². The molecule has 0 aliphatic heterocycles. The molecular weight excluding hydrogens is 208 g/mol. The van der Waals surface area contributed by atoms with Crippen molar-refractivity contribution >= 4 is 17.0 Å². The first-order chi connectivity index (χ1) is 7.16. The third-order valence-electron chi connectivity index (χ3n) is 2.05. The number of hydrogen-bond acceptors (Lipinski definition) is 4. The van der Waals surface area contributed by atoms with Gasteiger partial charge in [0.1, 0.15) is 11.1 Å². The molecule has 0 fully saturated rings. The molecule has 0 aliphatic carbocycles. The molecule has 0 aliphatic rings. The summed E-state index contributed by atoms with van der Waals surface area (Å²) in [6.07, 6.45) is 1.26. The fourth-order valence-corrected chi connectivity index (χ4v) is 2.16. The lowest BCUT2D eigenvalue weighted by atomic mass is 10.2. The first-order valence-electron chi connectivity index (χ1n) is 4.66. The van der Waals surface area contributed by atoms with Crippen LogP contribution < -0.4 is 5.73 Å². The van der Waals surface area contributed by atoms with Gasteiger partial charge in [0.2, 0.25) is 0 Å². The van der Waals surface area contributed by atoms with Crippen molar-refractivity contribution in [3.05, 3.63) is 35.5 Å². The second-order valence-corrected chi connectivity index (χ2v) is 4.43. The minimum absolute atomic E-state index is 0.509. The van der Waals surface area contributed by atoms with Crippen molar-refractivity contribution in [1.29, 1.82) is 0 Å². The topological polar surface area (TPSA) is 59.1 Å². The summed E-state index contributed by atoms with van der Waals surface area (Å²) in [6.45, 7) is 1.71. The van der Waals surface area contributed by atoms with Crippen LogP contribution in [-0.2, 0) is 0 Å². The molecule has 3 N–H and O–H groups in total. The van der Waals surface area contributed by atoms with Gasteiger partial charge in [0.15, 0.2) is 0 Å². The van der Waals surface area contributed by atoms with Crippen LogP contribution in [-0.4, -0.2) is 10.1 Å². The van der Waals surface area contributed by atoms with E-state index in [0.717, 1.165) is 21.1 Å². The second-order valence-electron chi connectivity index (χ2n) is 3.36. The van der Waals surface area contributed by atoms with Crippen LogP contribution in [0.4, 0.5) is 5.69 Å². The molecule has 2 aromatic rings. The van der Waals surface area contributed by atoms with E-state index < -0.39 is 6.10 Å². The van der Waals surface area contributed by atoms with Gasteiger partial charge in [0.25, 0.3) is 0 Å².